The summed E-state index contributed by atoms with van der Waals surface area (Å²) in [4.78, 5) is 15.1. The van der Waals surface area contributed by atoms with Crippen LogP contribution in [-0.2, 0) is 0 Å². The van der Waals surface area contributed by atoms with Gasteiger partial charge in [-0.1, -0.05) is 0 Å². The van der Waals surface area contributed by atoms with Gasteiger partial charge in [-0.25, -0.2) is 9.67 Å². The number of aryl methyl sites for hydroxylation is 1. The molecule has 102 valence electrons. The number of hydrogen-bond donors (Lipinski definition) is 0. The summed E-state index contributed by atoms with van der Waals surface area (Å²) in [5.41, 5.74) is 4.04. The van der Waals surface area contributed by atoms with Gasteiger partial charge in [-0.15, -0.1) is 11.3 Å². The Balaban J connectivity index is 2.38. The van der Waals surface area contributed by atoms with E-state index in [1.165, 1.54) is 11.3 Å². The number of rotatable bonds is 2. The van der Waals surface area contributed by atoms with Crippen molar-refractivity contribution in [1.29, 1.82) is 0 Å². The average Bonchev–Trinajstić information content (AvgIpc) is 2.97. The summed E-state index contributed by atoms with van der Waals surface area (Å²) in [5.74, 6) is 0. The molecule has 0 unspecified atom stereocenters. The highest BCUT2D eigenvalue weighted by Crippen LogP contribution is 2.34. The van der Waals surface area contributed by atoms with E-state index >= 15 is 0 Å². The van der Waals surface area contributed by atoms with Crippen molar-refractivity contribution in [2.75, 3.05) is 0 Å². The fourth-order valence-electron chi connectivity index (χ4n) is 2.12. The lowest BCUT2D eigenvalue weighted by molar-refractivity contribution is -0.383. The summed E-state index contributed by atoms with van der Waals surface area (Å²) in [6.07, 6.45) is 0. The molecule has 0 atom stereocenters. The van der Waals surface area contributed by atoms with E-state index in [1.807, 2.05) is 19.9 Å². The number of fused-ring (bicyclic) bond motifs is 1. The second kappa shape index (κ2) is 4.64. The van der Waals surface area contributed by atoms with Crippen LogP contribution in [0.4, 0.5) is 5.69 Å². The van der Waals surface area contributed by atoms with Crippen LogP contribution >= 0.6 is 27.3 Å². The minimum atomic E-state index is -0.401. The van der Waals surface area contributed by atoms with Crippen LogP contribution in [0.3, 0.4) is 0 Å². The fraction of sp³-hybridized carbons (Fsp3) is 0.167. The van der Waals surface area contributed by atoms with Crippen molar-refractivity contribution in [2.24, 2.45) is 0 Å². The van der Waals surface area contributed by atoms with Gasteiger partial charge in [0.05, 0.1) is 31.0 Å². The van der Waals surface area contributed by atoms with Crippen LogP contribution in [0, 0.1) is 24.0 Å². The minimum Gasteiger partial charge on any atom is -0.258 e. The molecule has 2 heterocycles. The smallest absolute Gasteiger partial charge is 0.258 e. The molecule has 8 heteroatoms. The Hall–Kier alpha value is -1.80. The van der Waals surface area contributed by atoms with Crippen molar-refractivity contribution in [2.45, 2.75) is 13.8 Å². The monoisotopic (exact) mass is 352 g/mol. The highest BCUT2D eigenvalue weighted by atomic mass is 79.9. The van der Waals surface area contributed by atoms with Gasteiger partial charge >= 0.3 is 5.69 Å². The first-order chi connectivity index (χ1) is 9.50. The van der Waals surface area contributed by atoms with Crippen LogP contribution in [0.5, 0.6) is 0 Å². The maximum absolute atomic E-state index is 11.4. The highest BCUT2D eigenvalue weighted by Gasteiger charge is 2.24. The standard InChI is InChI=1S/C12H9BrN4O2S/c1-6-10(13)7(2)16(15-6)8-3-4-9-11(14-5-20-9)12(8)17(18)19/h3-5H,1-2H3. The van der Waals surface area contributed by atoms with Gasteiger partial charge in [0.15, 0.2) is 5.52 Å². The number of nitro groups is 1. The Labute approximate surface area is 126 Å². The zero-order valence-corrected chi connectivity index (χ0v) is 13.0. The van der Waals surface area contributed by atoms with Crippen LogP contribution in [-0.4, -0.2) is 19.7 Å². The largest absolute Gasteiger partial charge is 0.321 e. The quantitative estimate of drug-likeness (QED) is 0.519. The Morgan fingerprint density at radius 3 is 2.75 bits per heavy atom. The third kappa shape index (κ3) is 1.83. The highest BCUT2D eigenvalue weighted by molar-refractivity contribution is 9.10. The van der Waals surface area contributed by atoms with Gasteiger partial charge in [0.1, 0.15) is 5.69 Å². The molecular weight excluding hydrogens is 344 g/mol. The molecular formula is C12H9BrN4O2S. The molecule has 0 N–H and O–H groups in total. The summed E-state index contributed by atoms with van der Waals surface area (Å²) in [5, 5.41) is 15.8. The molecule has 0 amide bonds. The van der Waals surface area contributed by atoms with E-state index in [9.17, 15) is 10.1 Å². The van der Waals surface area contributed by atoms with E-state index in [-0.39, 0.29) is 5.69 Å². The number of aromatic nitrogens is 3. The van der Waals surface area contributed by atoms with E-state index in [0.717, 1.165) is 20.6 Å². The van der Waals surface area contributed by atoms with Crippen molar-refractivity contribution in [3.8, 4) is 5.69 Å². The summed E-state index contributed by atoms with van der Waals surface area (Å²) in [7, 11) is 0. The predicted molar refractivity (Wildman–Crippen MR) is 80.6 cm³/mol. The topological polar surface area (TPSA) is 73.8 Å². The lowest BCUT2D eigenvalue weighted by atomic mass is 10.2. The predicted octanol–water partition coefficient (Wildman–Crippen LogP) is 3.77. The SMILES string of the molecule is Cc1nn(-c2ccc3scnc3c2[N+](=O)[O-])c(C)c1Br. The molecule has 1 aromatic carbocycles. The van der Waals surface area contributed by atoms with Gasteiger partial charge in [-0.2, -0.15) is 5.10 Å². The van der Waals surface area contributed by atoms with Crippen LogP contribution in [0.1, 0.15) is 11.4 Å². The zero-order chi connectivity index (χ0) is 14.4. The van der Waals surface area contributed by atoms with Crippen LogP contribution < -0.4 is 0 Å². The molecule has 0 spiro atoms. The fourth-order valence-corrected chi connectivity index (χ4v) is 3.04. The first kappa shape index (κ1) is 13.2. The van der Waals surface area contributed by atoms with Gasteiger partial charge in [0.25, 0.3) is 0 Å². The van der Waals surface area contributed by atoms with Crippen molar-refractivity contribution >= 4 is 43.2 Å². The summed E-state index contributed by atoms with van der Waals surface area (Å²) in [6, 6.07) is 3.55. The number of halogens is 1. The Morgan fingerprint density at radius 1 is 1.40 bits per heavy atom. The van der Waals surface area contributed by atoms with Crippen molar-refractivity contribution in [3.05, 3.63) is 43.6 Å². The van der Waals surface area contributed by atoms with E-state index in [1.54, 1.807) is 16.3 Å². The van der Waals surface area contributed by atoms with E-state index in [2.05, 4.69) is 26.0 Å². The Kier molecular flexibility index (Phi) is 3.06. The van der Waals surface area contributed by atoms with Crippen LogP contribution in [0.25, 0.3) is 15.9 Å². The number of thiazole rings is 1. The molecule has 3 rings (SSSR count). The van der Waals surface area contributed by atoms with Crippen molar-refractivity contribution in [3.63, 3.8) is 0 Å². The summed E-state index contributed by atoms with van der Waals surface area (Å²) in [6.45, 7) is 3.71. The van der Waals surface area contributed by atoms with Gasteiger partial charge in [0.2, 0.25) is 0 Å². The van der Waals surface area contributed by atoms with Gasteiger partial charge in [-0.3, -0.25) is 10.1 Å². The van der Waals surface area contributed by atoms with E-state index < -0.39 is 4.92 Å². The van der Waals surface area contributed by atoms with Gasteiger partial charge < -0.3 is 0 Å². The molecule has 0 bridgehead atoms. The van der Waals surface area contributed by atoms with Crippen LogP contribution in [0.2, 0.25) is 0 Å². The van der Waals surface area contributed by atoms with Crippen molar-refractivity contribution in [1.82, 2.24) is 14.8 Å². The van der Waals surface area contributed by atoms with E-state index in [4.69, 9.17) is 0 Å². The molecule has 0 aliphatic rings. The second-order valence-corrected chi connectivity index (χ2v) is 5.97. The van der Waals surface area contributed by atoms with Crippen molar-refractivity contribution < 1.29 is 4.92 Å². The normalized spacial score (nSPS) is 11.2. The molecule has 0 saturated heterocycles. The molecule has 2 aromatic heterocycles. The lowest BCUT2D eigenvalue weighted by Gasteiger charge is -2.05. The number of nitro benzene ring substituents is 1. The summed E-state index contributed by atoms with van der Waals surface area (Å²) < 4.78 is 3.22. The lowest BCUT2D eigenvalue weighted by Crippen LogP contribution is -2.04. The molecule has 0 aliphatic heterocycles. The number of nitrogens with zero attached hydrogens (tertiary/aromatic N) is 4. The van der Waals surface area contributed by atoms with Gasteiger partial charge in [0, 0.05) is 0 Å². The second-order valence-electron chi connectivity index (χ2n) is 4.29. The molecule has 6 nitrogen and oxygen atoms in total. The molecule has 0 fully saturated rings. The minimum absolute atomic E-state index is 0.0122. The molecule has 0 radical (unpaired) electrons. The third-order valence-corrected chi connectivity index (χ3v) is 5.01. The van der Waals surface area contributed by atoms with Crippen LogP contribution in [0.15, 0.2) is 22.1 Å². The zero-order valence-electron chi connectivity index (χ0n) is 10.6. The Bertz CT molecular complexity index is 839. The third-order valence-electron chi connectivity index (χ3n) is 3.07. The maximum Gasteiger partial charge on any atom is 0.321 e. The Morgan fingerprint density at radius 2 is 2.15 bits per heavy atom. The number of benzene rings is 1. The molecule has 3 aromatic rings. The first-order valence-corrected chi connectivity index (χ1v) is 7.40. The van der Waals surface area contributed by atoms with E-state index in [0.29, 0.717) is 11.2 Å². The average molecular weight is 353 g/mol. The maximum atomic E-state index is 11.4. The number of hydrogen-bond acceptors (Lipinski definition) is 5. The van der Waals surface area contributed by atoms with Gasteiger partial charge in [-0.05, 0) is 41.9 Å². The summed E-state index contributed by atoms with van der Waals surface area (Å²) >= 11 is 4.82. The molecule has 20 heavy (non-hydrogen) atoms. The molecule has 0 aliphatic carbocycles. The first-order valence-electron chi connectivity index (χ1n) is 5.73. The molecule has 0 saturated carbocycles.